The number of halogens is 1. The molecule has 1 N–H and O–H groups in total. The first-order chi connectivity index (χ1) is 9.53. The lowest BCUT2D eigenvalue weighted by Crippen LogP contribution is -2.25. The highest BCUT2D eigenvalue weighted by Gasteiger charge is 2.17. The van der Waals surface area contributed by atoms with Gasteiger partial charge < -0.3 is 19.5 Å². The molecular formula is C13H16ClNO5. The molecule has 0 aromatic heterocycles. The second kappa shape index (κ2) is 7.59. The fourth-order valence-electron chi connectivity index (χ4n) is 1.41. The summed E-state index contributed by atoms with van der Waals surface area (Å²) in [5, 5.41) is 2.58. The van der Waals surface area contributed by atoms with Crippen molar-refractivity contribution in [3.63, 3.8) is 0 Å². The van der Waals surface area contributed by atoms with Crippen LogP contribution in [-0.2, 0) is 9.53 Å². The van der Waals surface area contributed by atoms with Gasteiger partial charge in [0.05, 0.1) is 24.3 Å². The first kappa shape index (κ1) is 16.1. The molecule has 6 nitrogen and oxygen atoms in total. The lowest BCUT2D eigenvalue weighted by atomic mass is 10.2. The van der Waals surface area contributed by atoms with Crippen LogP contribution >= 0.6 is 11.6 Å². The Labute approximate surface area is 122 Å². The molecule has 0 unspecified atom stereocenters. The summed E-state index contributed by atoms with van der Waals surface area (Å²) in [6.07, 6.45) is 0. The summed E-state index contributed by atoms with van der Waals surface area (Å²) in [6, 6.07) is 2.85. The molecule has 1 rings (SSSR count). The number of hydrogen-bond donors (Lipinski definition) is 1. The topological polar surface area (TPSA) is 73.9 Å². The third kappa shape index (κ3) is 4.03. The summed E-state index contributed by atoms with van der Waals surface area (Å²) in [7, 11) is 2.89. The highest BCUT2D eigenvalue weighted by atomic mass is 35.5. The van der Waals surface area contributed by atoms with E-state index in [0.717, 1.165) is 0 Å². The van der Waals surface area contributed by atoms with Gasteiger partial charge in [0.1, 0.15) is 0 Å². The Morgan fingerprint density at radius 3 is 2.60 bits per heavy atom. The molecule has 0 aliphatic rings. The zero-order chi connectivity index (χ0) is 15.1. The van der Waals surface area contributed by atoms with Crippen molar-refractivity contribution in [3.05, 3.63) is 22.7 Å². The van der Waals surface area contributed by atoms with Gasteiger partial charge >= 0.3 is 5.97 Å². The van der Waals surface area contributed by atoms with Crippen LogP contribution in [0.2, 0.25) is 5.02 Å². The molecule has 0 saturated carbocycles. The molecule has 0 radical (unpaired) electrons. The molecule has 1 aromatic carbocycles. The lowest BCUT2D eigenvalue weighted by Gasteiger charge is -2.12. The van der Waals surface area contributed by atoms with E-state index in [2.05, 4.69) is 5.32 Å². The van der Waals surface area contributed by atoms with Crippen LogP contribution in [0.1, 0.15) is 17.3 Å². The van der Waals surface area contributed by atoms with E-state index in [1.165, 1.54) is 26.3 Å². The first-order valence-electron chi connectivity index (χ1n) is 5.91. The molecule has 0 aliphatic heterocycles. The predicted octanol–water partition coefficient (Wildman–Crippen LogP) is 1.65. The summed E-state index contributed by atoms with van der Waals surface area (Å²) in [5.74, 6) is -0.384. The van der Waals surface area contributed by atoms with Gasteiger partial charge in [-0.25, -0.2) is 4.79 Å². The molecule has 0 fully saturated rings. The number of benzene rings is 1. The summed E-state index contributed by atoms with van der Waals surface area (Å²) >= 11 is 6.03. The average Bonchev–Trinajstić information content (AvgIpc) is 2.46. The van der Waals surface area contributed by atoms with E-state index in [1.54, 1.807) is 6.92 Å². The highest BCUT2D eigenvalue weighted by Crippen LogP contribution is 2.36. The Morgan fingerprint density at radius 2 is 2.05 bits per heavy atom. The standard InChI is InChI=1S/C13H16ClNO5/c1-4-19-12-9(14)5-8(6-10(12)18-3)13(17)20-7-11(16)15-2/h5-6H,4,7H2,1-3H3,(H,15,16). The van der Waals surface area contributed by atoms with E-state index in [1.807, 2.05) is 0 Å². The minimum absolute atomic E-state index is 0.180. The maximum atomic E-state index is 11.8. The molecule has 0 saturated heterocycles. The number of likely N-dealkylation sites (N-methyl/N-ethyl adjacent to an activating group) is 1. The van der Waals surface area contributed by atoms with Gasteiger partial charge in [0, 0.05) is 7.05 Å². The minimum Gasteiger partial charge on any atom is -0.493 e. The maximum absolute atomic E-state index is 11.8. The van der Waals surface area contributed by atoms with E-state index in [9.17, 15) is 9.59 Å². The maximum Gasteiger partial charge on any atom is 0.338 e. The van der Waals surface area contributed by atoms with E-state index < -0.39 is 11.9 Å². The van der Waals surface area contributed by atoms with Crippen LogP contribution in [0.5, 0.6) is 11.5 Å². The normalized spacial score (nSPS) is 9.80. The van der Waals surface area contributed by atoms with Crippen LogP contribution in [0.3, 0.4) is 0 Å². The lowest BCUT2D eigenvalue weighted by molar-refractivity contribution is -0.123. The number of carbonyl (C=O) groups excluding carboxylic acids is 2. The molecule has 1 aromatic rings. The monoisotopic (exact) mass is 301 g/mol. The molecule has 0 bridgehead atoms. The summed E-state index contributed by atoms with van der Waals surface area (Å²) in [6.45, 7) is 1.86. The van der Waals surface area contributed by atoms with Gasteiger partial charge in [-0.15, -0.1) is 0 Å². The summed E-state index contributed by atoms with van der Waals surface area (Å²) < 4.78 is 15.3. The van der Waals surface area contributed by atoms with Crippen LogP contribution in [0.15, 0.2) is 12.1 Å². The molecule has 7 heteroatoms. The zero-order valence-electron chi connectivity index (χ0n) is 11.5. The van der Waals surface area contributed by atoms with Gasteiger partial charge in [-0.2, -0.15) is 0 Å². The Morgan fingerprint density at radius 1 is 1.35 bits per heavy atom. The van der Waals surface area contributed by atoms with Crippen LogP contribution < -0.4 is 14.8 Å². The van der Waals surface area contributed by atoms with Crippen molar-refractivity contribution >= 4 is 23.5 Å². The Kier molecular flexibility index (Phi) is 6.11. The van der Waals surface area contributed by atoms with Gasteiger partial charge in [0.2, 0.25) is 0 Å². The molecule has 0 atom stereocenters. The number of esters is 1. The van der Waals surface area contributed by atoms with Gasteiger partial charge in [0.25, 0.3) is 5.91 Å². The van der Waals surface area contributed by atoms with Crippen molar-refractivity contribution in [2.45, 2.75) is 6.92 Å². The number of ether oxygens (including phenoxy) is 3. The number of nitrogens with one attached hydrogen (secondary N) is 1. The van der Waals surface area contributed by atoms with Crippen molar-refractivity contribution in [1.82, 2.24) is 5.32 Å². The number of rotatable bonds is 6. The predicted molar refractivity (Wildman–Crippen MR) is 73.5 cm³/mol. The Hall–Kier alpha value is -1.95. The summed E-state index contributed by atoms with van der Waals surface area (Å²) in [5.41, 5.74) is 0.180. The Bertz CT molecular complexity index is 504. The van der Waals surface area contributed by atoms with Crippen molar-refractivity contribution in [1.29, 1.82) is 0 Å². The third-order valence-electron chi connectivity index (χ3n) is 2.37. The van der Waals surface area contributed by atoms with E-state index in [0.29, 0.717) is 18.1 Å². The second-order valence-electron chi connectivity index (χ2n) is 3.67. The van der Waals surface area contributed by atoms with Gasteiger partial charge in [-0.05, 0) is 19.1 Å². The number of amides is 1. The van der Waals surface area contributed by atoms with E-state index in [4.69, 9.17) is 25.8 Å². The molecule has 0 heterocycles. The Balaban J connectivity index is 2.93. The van der Waals surface area contributed by atoms with Crippen LogP contribution in [0, 0.1) is 0 Å². The minimum atomic E-state index is -0.670. The van der Waals surface area contributed by atoms with Crippen molar-refractivity contribution in [2.75, 3.05) is 27.4 Å². The molecule has 110 valence electrons. The SMILES string of the molecule is CCOc1c(Cl)cc(C(=O)OCC(=O)NC)cc1OC. The van der Waals surface area contributed by atoms with Crippen LogP contribution in [-0.4, -0.2) is 39.2 Å². The van der Waals surface area contributed by atoms with Gasteiger partial charge in [-0.3, -0.25) is 4.79 Å². The van der Waals surface area contributed by atoms with Crippen LogP contribution in [0.4, 0.5) is 0 Å². The largest absolute Gasteiger partial charge is 0.493 e. The highest BCUT2D eigenvalue weighted by molar-refractivity contribution is 6.32. The molecular weight excluding hydrogens is 286 g/mol. The molecule has 20 heavy (non-hydrogen) atoms. The third-order valence-corrected chi connectivity index (χ3v) is 2.65. The van der Waals surface area contributed by atoms with Gasteiger partial charge in [0.15, 0.2) is 18.1 Å². The quantitative estimate of drug-likeness (QED) is 0.809. The zero-order valence-corrected chi connectivity index (χ0v) is 12.2. The van der Waals surface area contributed by atoms with Gasteiger partial charge in [-0.1, -0.05) is 11.6 Å². The number of carbonyl (C=O) groups is 2. The van der Waals surface area contributed by atoms with Crippen molar-refractivity contribution < 1.29 is 23.8 Å². The van der Waals surface area contributed by atoms with Crippen LogP contribution in [0.25, 0.3) is 0 Å². The molecule has 0 aliphatic carbocycles. The number of methoxy groups -OCH3 is 1. The summed E-state index contributed by atoms with van der Waals surface area (Å²) in [4.78, 5) is 22.8. The average molecular weight is 302 g/mol. The van der Waals surface area contributed by atoms with Crippen molar-refractivity contribution in [2.24, 2.45) is 0 Å². The van der Waals surface area contributed by atoms with E-state index >= 15 is 0 Å². The second-order valence-corrected chi connectivity index (χ2v) is 4.08. The number of hydrogen-bond acceptors (Lipinski definition) is 5. The van der Waals surface area contributed by atoms with E-state index in [-0.39, 0.29) is 17.2 Å². The smallest absolute Gasteiger partial charge is 0.338 e. The first-order valence-corrected chi connectivity index (χ1v) is 6.29. The molecule has 1 amide bonds. The van der Waals surface area contributed by atoms with Crippen molar-refractivity contribution in [3.8, 4) is 11.5 Å². The molecule has 0 spiro atoms. The fourth-order valence-corrected chi connectivity index (χ4v) is 1.67. The fraction of sp³-hybridized carbons (Fsp3) is 0.385.